The minimum Gasteiger partial charge on any atom is -0.397 e. The van der Waals surface area contributed by atoms with Gasteiger partial charge in [-0.25, -0.2) is 0 Å². The highest BCUT2D eigenvalue weighted by Gasteiger charge is 1.99. The summed E-state index contributed by atoms with van der Waals surface area (Å²) in [6.07, 6.45) is 0.614. The first-order valence-electron chi connectivity index (χ1n) is 5.39. The Kier molecular flexibility index (Phi) is 4.41. The molecule has 17 heavy (non-hydrogen) atoms. The number of carbonyl (C=O) groups excluding carboxylic acids is 1. The van der Waals surface area contributed by atoms with E-state index in [9.17, 15) is 4.79 Å². The van der Waals surface area contributed by atoms with Gasteiger partial charge >= 0.3 is 0 Å². The molecule has 0 unspecified atom stereocenters. The summed E-state index contributed by atoms with van der Waals surface area (Å²) in [5, 5.41) is 2.68. The zero-order valence-corrected chi connectivity index (χ0v) is 10.1. The number of nitrogen functional groups attached to an aromatic ring is 2. The molecule has 0 radical (unpaired) electrons. The molecule has 0 atom stereocenters. The van der Waals surface area contributed by atoms with Gasteiger partial charge in [-0.1, -0.05) is 11.8 Å². The minimum absolute atomic E-state index is 0.0422. The zero-order chi connectivity index (χ0) is 12.8. The quantitative estimate of drug-likeness (QED) is 0.404. The lowest BCUT2D eigenvalue weighted by Gasteiger charge is -2.04. The van der Waals surface area contributed by atoms with E-state index in [1.54, 1.807) is 6.07 Å². The van der Waals surface area contributed by atoms with Crippen LogP contribution in [0.5, 0.6) is 0 Å². The zero-order valence-electron chi connectivity index (χ0n) is 10.1. The Hall–Kier alpha value is -2.15. The summed E-state index contributed by atoms with van der Waals surface area (Å²) in [5.74, 6) is 5.92. The van der Waals surface area contributed by atoms with Gasteiger partial charge in [-0.2, -0.15) is 0 Å². The van der Waals surface area contributed by atoms with Crippen molar-refractivity contribution in [2.24, 2.45) is 0 Å². The molecule has 1 aromatic carbocycles. The van der Waals surface area contributed by atoms with E-state index in [0.29, 0.717) is 24.3 Å². The van der Waals surface area contributed by atoms with Gasteiger partial charge in [-0.15, -0.1) is 0 Å². The van der Waals surface area contributed by atoms with Gasteiger partial charge in [0.15, 0.2) is 0 Å². The molecule has 0 saturated heterocycles. The molecule has 5 N–H and O–H groups in total. The summed E-state index contributed by atoms with van der Waals surface area (Å²) in [6, 6.07) is 3.66. The normalized spacial score (nSPS) is 9.29. The maximum atomic E-state index is 10.6. The SMILES string of the molecule is CC(=O)NCCC#Cc1cc(C)c(N)c(N)c1. The van der Waals surface area contributed by atoms with Crippen molar-refractivity contribution in [3.05, 3.63) is 23.3 Å². The number of hydrogen-bond donors (Lipinski definition) is 3. The van der Waals surface area contributed by atoms with Gasteiger partial charge in [0.1, 0.15) is 0 Å². The van der Waals surface area contributed by atoms with Crippen molar-refractivity contribution in [3.63, 3.8) is 0 Å². The van der Waals surface area contributed by atoms with Crippen LogP contribution >= 0.6 is 0 Å². The van der Waals surface area contributed by atoms with Crippen LogP contribution in [-0.4, -0.2) is 12.5 Å². The number of nitrogens with one attached hydrogen (secondary N) is 1. The van der Waals surface area contributed by atoms with Gasteiger partial charge in [-0.05, 0) is 24.6 Å². The van der Waals surface area contributed by atoms with Crippen molar-refractivity contribution < 1.29 is 4.79 Å². The predicted molar refractivity (Wildman–Crippen MR) is 70.2 cm³/mol. The van der Waals surface area contributed by atoms with Gasteiger partial charge < -0.3 is 16.8 Å². The van der Waals surface area contributed by atoms with Crippen LogP contribution in [0.4, 0.5) is 11.4 Å². The summed E-state index contributed by atoms with van der Waals surface area (Å²) >= 11 is 0. The fourth-order valence-electron chi connectivity index (χ4n) is 1.36. The predicted octanol–water partition coefficient (Wildman–Crippen LogP) is 1.04. The van der Waals surface area contributed by atoms with E-state index in [2.05, 4.69) is 17.2 Å². The molecule has 0 aliphatic rings. The van der Waals surface area contributed by atoms with Crippen LogP contribution in [0.1, 0.15) is 24.5 Å². The average Bonchev–Trinajstić information content (AvgIpc) is 2.25. The number of rotatable bonds is 2. The van der Waals surface area contributed by atoms with Crippen LogP contribution in [0.2, 0.25) is 0 Å². The molecule has 0 aliphatic heterocycles. The molecule has 0 fully saturated rings. The average molecular weight is 231 g/mol. The van der Waals surface area contributed by atoms with Crippen molar-refractivity contribution in [1.82, 2.24) is 5.32 Å². The monoisotopic (exact) mass is 231 g/mol. The van der Waals surface area contributed by atoms with Crippen molar-refractivity contribution >= 4 is 17.3 Å². The van der Waals surface area contributed by atoms with Gasteiger partial charge in [-0.3, -0.25) is 4.79 Å². The number of benzene rings is 1. The lowest BCUT2D eigenvalue weighted by atomic mass is 10.1. The van der Waals surface area contributed by atoms with Crippen molar-refractivity contribution in [2.45, 2.75) is 20.3 Å². The van der Waals surface area contributed by atoms with E-state index in [0.717, 1.165) is 11.1 Å². The largest absolute Gasteiger partial charge is 0.397 e. The Bertz CT molecular complexity index is 460. The summed E-state index contributed by atoms with van der Waals surface area (Å²) in [7, 11) is 0. The number of aryl methyl sites for hydroxylation is 1. The molecule has 0 spiro atoms. The van der Waals surface area contributed by atoms with Gasteiger partial charge in [0, 0.05) is 25.5 Å². The second-order valence-corrected chi connectivity index (χ2v) is 3.83. The first-order valence-corrected chi connectivity index (χ1v) is 5.39. The lowest BCUT2D eigenvalue weighted by Crippen LogP contribution is -2.20. The van der Waals surface area contributed by atoms with Crippen LogP contribution in [-0.2, 0) is 4.79 Å². The van der Waals surface area contributed by atoms with Crippen molar-refractivity contribution in [2.75, 3.05) is 18.0 Å². The molecule has 0 aromatic heterocycles. The molecule has 90 valence electrons. The number of anilines is 2. The minimum atomic E-state index is -0.0422. The third kappa shape index (κ3) is 4.07. The fraction of sp³-hybridized carbons (Fsp3) is 0.308. The number of nitrogens with two attached hydrogens (primary N) is 2. The van der Waals surface area contributed by atoms with Crippen LogP contribution < -0.4 is 16.8 Å². The topological polar surface area (TPSA) is 81.1 Å². The smallest absolute Gasteiger partial charge is 0.216 e. The highest BCUT2D eigenvalue weighted by Crippen LogP contribution is 2.20. The van der Waals surface area contributed by atoms with E-state index in [1.165, 1.54) is 6.92 Å². The second-order valence-electron chi connectivity index (χ2n) is 3.83. The summed E-state index contributed by atoms with van der Waals surface area (Å²) in [6.45, 7) is 3.94. The Morgan fingerprint density at radius 1 is 1.41 bits per heavy atom. The van der Waals surface area contributed by atoms with Crippen LogP contribution in [0.25, 0.3) is 0 Å². The van der Waals surface area contributed by atoms with Gasteiger partial charge in [0.2, 0.25) is 5.91 Å². The molecule has 0 heterocycles. The molecule has 4 nitrogen and oxygen atoms in total. The molecule has 0 bridgehead atoms. The highest BCUT2D eigenvalue weighted by molar-refractivity contribution is 5.72. The van der Waals surface area contributed by atoms with Crippen molar-refractivity contribution in [3.8, 4) is 11.8 Å². The van der Waals surface area contributed by atoms with Crippen LogP contribution in [0, 0.1) is 18.8 Å². The number of hydrogen-bond acceptors (Lipinski definition) is 3. The van der Waals surface area contributed by atoms with E-state index in [-0.39, 0.29) is 5.91 Å². The number of amides is 1. The Morgan fingerprint density at radius 2 is 2.12 bits per heavy atom. The Morgan fingerprint density at radius 3 is 2.71 bits per heavy atom. The Labute approximate surface area is 101 Å². The molecule has 1 rings (SSSR count). The van der Waals surface area contributed by atoms with Crippen LogP contribution in [0.3, 0.4) is 0 Å². The Balaban J connectivity index is 2.63. The third-order valence-corrected chi connectivity index (χ3v) is 2.28. The first kappa shape index (κ1) is 12.9. The maximum absolute atomic E-state index is 10.6. The number of carbonyl (C=O) groups is 1. The summed E-state index contributed by atoms with van der Waals surface area (Å²) in [5.41, 5.74) is 14.4. The van der Waals surface area contributed by atoms with Crippen LogP contribution in [0.15, 0.2) is 12.1 Å². The fourth-order valence-corrected chi connectivity index (χ4v) is 1.36. The molecule has 1 amide bonds. The van der Waals surface area contributed by atoms with Gasteiger partial charge in [0.25, 0.3) is 0 Å². The van der Waals surface area contributed by atoms with Gasteiger partial charge in [0.05, 0.1) is 11.4 Å². The van der Waals surface area contributed by atoms with E-state index >= 15 is 0 Å². The van der Waals surface area contributed by atoms with E-state index < -0.39 is 0 Å². The molecule has 1 aromatic rings. The summed E-state index contributed by atoms with van der Waals surface area (Å²) < 4.78 is 0. The van der Waals surface area contributed by atoms with E-state index in [4.69, 9.17) is 11.5 Å². The molecule has 0 saturated carbocycles. The highest BCUT2D eigenvalue weighted by atomic mass is 16.1. The molecule has 4 heteroatoms. The first-order chi connectivity index (χ1) is 8.00. The van der Waals surface area contributed by atoms with Crippen molar-refractivity contribution in [1.29, 1.82) is 0 Å². The summed E-state index contributed by atoms with van der Waals surface area (Å²) in [4.78, 5) is 10.6. The molecular weight excluding hydrogens is 214 g/mol. The molecular formula is C13H17N3O. The van der Waals surface area contributed by atoms with E-state index in [1.807, 2.05) is 13.0 Å². The molecule has 0 aliphatic carbocycles. The lowest BCUT2D eigenvalue weighted by molar-refractivity contribution is -0.118. The second kappa shape index (κ2) is 5.80. The maximum Gasteiger partial charge on any atom is 0.216 e. The third-order valence-electron chi connectivity index (χ3n) is 2.28. The standard InChI is InChI=1S/C13H17N3O/c1-9-7-11(8-12(14)13(9)15)5-3-4-6-16-10(2)17/h7-8H,4,6,14-15H2,1-2H3,(H,16,17).